The molecule has 0 bridgehead atoms. The van der Waals surface area contributed by atoms with E-state index >= 15 is 0 Å². The van der Waals surface area contributed by atoms with Crippen LogP contribution >= 0.6 is 22.9 Å². The van der Waals surface area contributed by atoms with Crippen molar-refractivity contribution in [2.75, 3.05) is 18.6 Å². The monoisotopic (exact) mass is 521 g/mol. The van der Waals surface area contributed by atoms with Gasteiger partial charge in [0.15, 0.2) is 5.13 Å². The average Bonchev–Trinajstić information content (AvgIpc) is 3.42. The van der Waals surface area contributed by atoms with Crippen LogP contribution in [-0.2, 0) is 9.59 Å². The van der Waals surface area contributed by atoms with E-state index in [9.17, 15) is 14.7 Å². The molecule has 1 atom stereocenters. The van der Waals surface area contributed by atoms with Crippen molar-refractivity contribution in [3.63, 3.8) is 0 Å². The highest BCUT2D eigenvalue weighted by Crippen LogP contribution is 2.45. The molecular formula is C26H20ClN3O5S. The van der Waals surface area contributed by atoms with Gasteiger partial charge in [-0.3, -0.25) is 19.5 Å². The molecule has 1 fully saturated rings. The van der Waals surface area contributed by atoms with Crippen LogP contribution in [0.1, 0.15) is 24.1 Å². The Balaban J connectivity index is 1.71. The van der Waals surface area contributed by atoms with E-state index in [1.807, 2.05) is 13.0 Å². The summed E-state index contributed by atoms with van der Waals surface area (Å²) in [6, 6.07) is 12.6. The molecule has 0 saturated carbocycles. The predicted octanol–water partition coefficient (Wildman–Crippen LogP) is 5.38. The van der Waals surface area contributed by atoms with Crippen LogP contribution < -0.4 is 14.4 Å². The van der Waals surface area contributed by atoms with Crippen molar-refractivity contribution in [2.24, 2.45) is 0 Å². The van der Waals surface area contributed by atoms with Crippen molar-refractivity contribution in [3.05, 3.63) is 82.6 Å². The van der Waals surface area contributed by atoms with Crippen LogP contribution in [0.3, 0.4) is 0 Å². The van der Waals surface area contributed by atoms with Gasteiger partial charge in [-0.15, -0.1) is 0 Å². The Hall–Kier alpha value is -3.95. The Kier molecular flexibility index (Phi) is 6.34. The molecule has 3 heterocycles. The molecule has 1 aliphatic heterocycles. The Morgan fingerprint density at radius 3 is 2.75 bits per heavy atom. The number of ketones is 1. The van der Waals surface area contributed by atoms with Crippen molar-refractivity contribution in [1.82, 2.24) is 9.97 Å². The van der Waals surface area contributed by atoms with Gasteiger partial charge in [-0.05, 0) is 55.0 Å². The van der Waals surface area contributed by atoms with Gasteiger partial charge >= 0.3 is 5.91 Å². The first kappa shape index (κ1) is 23.8. The van der Waals surface area contributed by atoms with Gasteiger partial charge in [0.1, 0.15) is 17.3 Å². The van der Waals surface area contributed by atoms with Gasteiger partial charge < -0.3 is 14.6 Å². The van der Waals surface area contributed by atoms with Crippen molar-refractivity contribution >= 4 is 55.7 Å². The van der Waals surface area contributed by atoms with Crippen LogP contribution in [0.4, 0.5) is 5.13 Å². The van der Waals surface area contributed by atoms with E-state index in [2.05, 4.69) is 9.97 Å². The predicted molar refractivity (Wildman–Crippen MR) is 138 cm³/mol. The van der Waals surface area contributed by atoms with E-state index in [4.69, 9.17) is 21.1 Å². The Bertz CT molecular complexity index is 1520. The van der Waals surface area contributed by atoms with E-state index in [0.29, 0.717) is 39.3 Å². The fraction of sp³-hybridized carbons (Fsp3) is 0.154. The molecular weight excluding hydrogens is 502 g/mol. The third kappa shape index (κ3) is 4.06. The molecule has 1 N–H and O–H groups in total. The van der Waals surface area contributed by atoms with Crippen LogP contribution in [0, 0.1) is 0 Å². The number of benzene rings is 2. The maximum absolute atomic E-state index is 13.4. The summed E-state index contributed by atoms with van der Waals surface area (Å²) in [5.41, 5.74) is 1.28. The first-order valence-corrected chi connectivity index (χ1v) is 12.2. The zero-order valence-corrected chi connectivity index (χ0v) is 20.8. The highest BCUT2D eigenvalue weighted by atomic mass is 35.5. The SMILES string of the molecule is CCOc1ccc2nc(N3C(=O)C(=O)/C(=C(/O)c4cc(Cl)ccc4OC)C3c3cccnc3)sc2c1. The Labute approximate surface area is 215 Å². The number of anilines is 1. The zero-order chi connectivity index (χ0) is 25.4. The molecule has 2 aromatic heterocycles. The summed E-state index contributed by atoms with van der Waals surface area (Å²) in [5.74, 6) is -1.08. The molecule has 1 amide bonds. The Morgan fingerprint density at radius 1 is 1.19 bits per heavy atom. The molecule has 0 radical (unpaired) electrons. The lowest BCUT2D eigenvalue weighted by molar-refractivity contribution is -0.132. The maximum atomic E-state index is 13.4. The van der Waals surface area contributed by atoms with Gasteiger partial charge in [0, 0.05) is 17.4 Å². The van der Waals surface area contributed by atoms with E-state index in [0.717, 1.165) is 4.70 Å². The number of carbonyl (C=O) groups is 2. The minimum atomic E-state index is -0.964. The summed E-state index contributed by atoms with van der Waals surface area (Å²) in [6.45, 7) is 2.41. The lowest BCUT2D eigenvalue weighted by atomic mass is 9.96. The molecule has 36 heavy (non-hydrogen) atoms. The van der Waals surface area contributed by atoms with Gasteiger partial charge in [-0.25, -0.2) is 4.98 Å². The maximum Gasteiger partial charge on any atom is 0.301 e. The number of methoxy groups -OCH3 is 1. The normalized spacial score (nSPS) is 17.1. The molecule has 1 unspecified atom stereocenters. The van der Waals surface area contributed by atoms with Crippen molar-refractivity contribution in [3.8, 4) is 11.5 Å². The molecule has 1 aliphatic rings. The third-order valence-electron chi connectivity index (χ3n) is 5.73. The molecule has 1 saturated heterocycles. The number of nitrogens with zero attached hydrogens (tertiary/aromatic N) is 3. The molecule has 4 aromatic rings. The van der Waals surface area contributed by atoms with Gasteiger partial charge in [0.2, 0.25) is 0 Å². The summed E-state index contributed by atoms with van der Waals surface area (Å²) < 4.78 is 11.7. The number of fused-ring (bicyclic) bond motifs is 1. The number of aliphatic hydroxyl groups excluding tert-OH is 1. The fourth-order valence-corrected chi connectivity index (χ4v) is 5.34. The minimum Gasteiger partial charge on any atom is -0.507 e. The number of amides is 1. The van der Waals surface area contributed by atoms with Gasteiger partial charge in [0.25, 0.3) is 5.78 Å². The second kappa shape index (κ2) is 9.60. The second-order valence-corrected chi connectivity index (χ2v) is 9.30. The van der Waals surface area contributed by atoms with Gasteiger partial charge in [-0.1, -0.05) is 29.0 Å². The van der Waals surface area contributed by atoms with Crippen LogP contribution in [0.25, 0.3) is 16.0 Å². The van der Waals surface area contributed by atoms with Crippen LogP contribution in [-0.4, -0.2) is 40.5 Å². The first-order chi connectivity index (χ1) is 17.4. The zero-order valence-electron chi connectivity index (χ0n) is 19.3. The van der Waals surface area contributed by atoms with Gasteiger partial charge in [0.05, 0.1) is 41.1 Å². The fourth-order valence-electron chi connectivity index (χ4n) is 4.15. The van der Waals surface area contributed by atoms with Crippen LogP contribution in [0.5, 0.6) is 11.5 Å². The second-order valence-electron chi connectivity index (χ2n) is 7.86. The topological polar surface area (TPSA) is 102 Å². The molecule has 0 spiro atoms. The number of aliphatic hydroxyl groups is 1. The lowest BCUT2D eigenvalue weighted by Crippen LogP contribution is -2.29. The summed E-state index contributed by atoms with van der Waals surface area (Å²) in [6.07, 6.45) is 3.13. The van der Waals surface area contributed by atoms with E-state index < -0.39 is 23.5 Å². The largest absolute Gasteiger partial charge is 0.507 e. The first-order valence-electron chi connectivity index (χ1n) is 11.0. The quantitative estimate of drug-likeness (QED) is 0.206. The number of halogens is 1. The summed E-state index contributed by atoms with van der Waals surface area (Å²) in [7, 11) is 1.44. The van der Waals surface area contributed by atoms with Crippen molar-refractivity contribution in [2.45, 2.75) is 13.0 Å². The number of pyridine rings is 1. The summed E-state index contributed by atoms with van der Waals surface area (Å²) in [4.78, 5) is 36.9. The average molecular weight is 522 g/mol. The molecule has 2 aromatic carbocycles. The van der Waals surface area contributed by atoms with E-state index in [-0.39, 0.29) is 11.1 Å². The molecule has 10 heteroatoms. The Morgan fingerprint density at radius 2 is 2.03 bits per heavy atom. The number of hydrogen-bond donors (Lipinski definition) is 1. The number of carbonyl (C=O) groups excluding carboxylic acids is 2. The van der Waals surface area contributed by atoms with Crippen LogP contribution in [0.15, 0.2) is 66.5 Å². The van der Waals surface area contributed by atoms with E-state index in [1.54, 1.807) is 48.8 Å². The smallest absolute Gasteiger partial charge is 0.301 e. The third-order valence-corrected chi connectivity index (χ3v) is 6.98. The highest BCUT2D eigenvalue weighted by molar-refractivity contribution is 7.22. The number of Topliss-reactive ketones (excluding diaryl/α,β-unsaturated/α-hetero) is 1. The number of aromatic nitrogens is 2. The summed E-state index contributed by atoms with van der Waals surface area (Å²) in [5, 5.41) is 12.0. The standard InChI is InChI=1S/C26H20ClN3O5S/c1-3-35-16-7-8-18-20(12-16)36-26(29-18)30-22(14-5-4-10-28-13-14)21(24(32)25(30)33)23(31)17-11-15(27)6-9-19(17)34-2/h4-13,22,31H,3H2,1-2H3/b23-21+. The molecule has 8 nitrogen and oxygen atoms in total. The van der Waals surface area contributed by atoms with Crippen molar-refractivity contribution in [1.29, 1.82) is 0 Å². The number of thiazole rings is 1. The molecule has 5 rings (SSSR count). The molecule has 0 aliphatic carbocycles. The van der Waals surface area contributed by atoms with Crippen LogP contribution in [0.2, 0.25) is 5.02 Å². The van der Waals surface area contributed by atoms with E-state index in [1.165, 1.54) is 29.4 Å². The summed E-state index contributed by atoms with van der Waals surface area (Å²) >= 11 is 7.42. The van der Waals surface area contributed by atoms with Gasteiger partial charge in [-0.2, -0.15) is 0 Å². The highest BCUT2D eigenvalue weighted by Gasteiger charge is 2.48. The molecule has 182 valence electrons. The number of ether oxygens (including phenoxy) is 2. The number of rotatable bonds is 6. The number of hydrogen-bond acceptors (Lipinski definition) is 8. The lowest BCUT2D eigenvalue weighted by Gasteiger charge is -2.22. The minimum absolute atomic E-state index is 0.108. The van der Waals surface area contributed by atoms with Crippen molar-refractivity contribution < 1.29 is 24.2 Å².